The van der Waals surface area contributed by atoms with Gasteiger partial charge >= 0.3 is 0 Å². The number of benzene rings is 1. The van der Waals surface area contributed by atoms with E-state index >= 15 is 0 Å². The summed E-state index contributed by atoms with van der Waals surface area (Å²) in [5, 5.41) is 0.625. The summed E-state index contributed by atoms with van der Waals surface area (Å²) < 4.78 is 0. The second kappa shape index (κ2) is 6.16. The Morgan fingerprint density at radius 1 is 1.56 bits per heavy atom. The predicted octanol–water partition coefficient (Wildman–Crippen LogP) is 3.34. The van der Waals surface area contributed by atoms with Gasteiger partial charge in [-0.2, -0.15) is 11.8 Å². The molecule has 0 heterocycles. The molecule has 1 aromatic carbocycles. The Labute approximate surface area is 106 Å². The molecular formula is C12H16ClNOS. The van der Waals surface area contributed by atoms with Crippen LogP contribution in [0.5, 0.6) is 0 Å². The van der Waals surface area contributed by atoms with E-state index < -0.39 is 0 Å². The minimum absolute atomic E-state index is 0.412. The van der Waals surface area contributed by atoms with Crippen molar-refractivity contribution in [3.63, 3.8) is 0 Å². The lowest BCUT2D eigenvalue weighted by atomic mass is 10.2. The van der Waals surface area contributed by atoms with Crippen LogP contribution in [0.1, 0.15) is 17.3 Å². The summed E-state index contributed by atoms with van der Waals surface area (Å²) in [7, 11) is 2.02. The summed E-state index contributed by atoms with van der Waals surface area (Å²) in [6.07, 6.45) is 2.89. The topological polar surface area (TPSA) is 20.3 Å². The van der Waals surface area contributed by atoms with Gasteiger partial charge in [-0.1, -0.05) is 11.6 Å². The summed E-state index contributed by atoms with van der Waals surface area (Å²) in [5.41, 5.74) is 1.58. The zero-order valence-electron chi connectivity index (χ0n) is 9.74. The Hall–Kier alpha value is -0.670. The number of halogens is 1. The average molecular weight is 258 g/mol. The number of aldehydes is 1. The Balaban J connectivity index is 2.91. The molecule has 0 bridgehead atoms. The first kappa shape index (κ1) is 13.4. The zero-order chi connectivity index (χ0) is 12.1. The van der Waals surface area contributed by atoms with Crippen LogP contribution >= 0.6 is 23.4 Å². The number of nitrogens with zero attached hydrogens (tertiary/aromatic N) is 1. The van der Waals surface area contributed by atoms with E-state index in [2.05, 4.69) is 18.1 Å². The number of carbonyl (C=O) groups excluding carboxylic acids is 1. The van der Waals surface area contributed by atoms with Gasteiger partial charge in [-0.25, -0.2) is 0 Å². The molecule has 1 rings (SSSR count). The molecule has 0 aliphatic heterocycles. The van der Waals surface area contributed by atoms with Crippen molar-refractivity contribution in [2.24, 2.45) is 0 Å². The van der Waals surface area contributed by atoms with Gasteiger partial charge < -0.3 is 4.90 Å². The van der Waals surface area contributed by atoms with Crippen molar-refractivity contribution in [2.75, 3.05) is 24.0 Å². The van der Waals surface area contributed by atoms with Crippen LogP contribution in [-0.4, -0.2) is 31.4 Å². The Bertz CT molecular complexity index is 370. The van der Waals surface area contributed by atoms with Crippen molar-refractivity contribution in [1.29, 1.82) is 0 Å². The van der Waals surface area contributed by atoms with Gasteiger partial charge in [-0.3, -0.25) is 4.79 Å². The van der Waals surface area contributed by atoms with Gasteiger partial charge in [-0.15, -0.1) is 0 Å². The van der Waals surface area contributed by atoms with E-state index in [1.54, 1.807) is 23.9 Å². The smallest absolute Gasteiger partial charge is 0.150 e. The fourth-order valence-electron chi connectivity index (χ4n) is 1.47. The summed E-state index contributed by atoms with van der Waals surface area (Å²) >= 11 is 7.95. The van der Waals surface area contributed by atoms with Crippen LogP contribution < -0.4 is 4.90 Å². The van der Waals surface area contributed by atoms with Crippen molar-refractivity contribution in [2.45, 2.75) is 13.0 Å². The maximum absolute atomic E-state index is 10.6. The monoisotopic (exact) mass is 257 g/mol. The first-order valence-corrected chi connectivity index (χ1v) is 6.83. The normalized spacial score (nSPS) is 12.2. The number of hydrogen-bond donors (Lipinski definition) is 0. The molecular weight excluding hydrogens is 242 g/mol. The van der Waals surface area contributed by atoms with Crippen LogP contribution in [0.25, 0.3) is 0 Å². The molecule has 0 spiro atoms. The van der Waals surface area contributed by atoms with Gasteiger partial charge in [-0.05, 0) is 31.4 Å². The van der Waals surface area contributed by atoms with E-state index in [-0.39, 0.29) is 0 Å². The van der Waals surface area contributed by atoms with E-state index in [0.717, 1.165) is 17.7 Å². The summed E-state index contributed by atoms with van der Waals surface area (Å²) in [5.74, 6) is 1.04. The van der Waals surface area contributed by atoms with Gasteiger partial charge in [0.15, 0.2) is 0 Å². The summed E-state index contributed by atoms with van der Waals surface area (Å²) in [4.78, 5) is 12.7. The molecule has 0 fully saturated rings. The highest BCUT2D eigenvalue weighted by molar-refractivity contribution is 7.98. The van der Waals surface area contributed by atoms with Crippen LogP contribution in [0.3, 0.4) is 0 Å². The second-order valence-electron chi connectivity index (χ2n) is 3.74. The highest BCUT2D eigenvalue weighted by Crippen LogP contribution is 2.27. The molecule has 0 aliphatic rings. The van der Waals surface area contributed by atoms with E-state index in [9.17, 15) is 4.79 Å². The van der Waals surface area contributed by atoms with Gasteiger partial charge in [0.05, 0.1) is 10.7 Å². The highest BCUT2D eigenvalue weighted by Gasteiger charge is 2.12. The molecule has 2 nitrogen and oxygen atoms in total. The molecule has 0 saturated carbocycles. The Morgan fingerprint density at radius 3 is 2.75 bits per heavy atom. The fourth-order valence-corrected chi connectivity index (χ4v) is 2.50. The van der Waals surface area contributed by atoms with Crippen LogP contribution in [0.15, 0.2) is 18.2 Å². The number of thioether (sulfide) groups is 1. The SMILES string of the molecule is CSCC(C)N(C)c1ccc(C=O)cc1Cl. The molecule has 0 radical (unpaired) electrons. The lowest BCUT2D eigenvalue weighted by Crippen LogP contribution is -2.31. The first-order valence-electron chi connectivity index (χ1n) is 5.06. The van der Waals surface area contributed by atoms with Gasteiger partial charge in [0, 0.05) is 24.4 Å². The third-order valence-corrected chi connectivity index (χ3v) is 3.68. The molecule has 88 valence electrons. The fraction of sp³-hybridized carbons (Fsp3) is 0.417. The molecule has 0 saturated heterocycles. The van der Waals surface area contributed by atoms with E-state index in [1.807, 2.05) is 13.1 Å². The number of rotatable bonds is 5. The standard InChI is InChI=1S/C12H16ClNOS/c1-9(8-16-3)14(2)12-5-4-10(7-15)6-11(12)13/h4-7,9H,8H2,1-3H3. The molecule has 4 heteroatoms. The zero-order valence-corrected chi connectivity index (χ0v) is 11.3. The minimum atomic E-state index is 0.412. The van der Waals surface area contributed by atoms with Crippen molar-refractivity contribution >= 4 is 35.3 Å². The largest absolute Gasteiger partial charge is 0.370 e. The first-order chi connectivity index (χ1) is 7.60. The van der Waals surface area contributed by atoms with Gasteiger partial charge in [0.1, 0.15) is 6.29 Å². The van der Waals surface area contributed by atoms with E-state index in [1.165, 1.54) is 0 Å². The van der Waals surface area contributed by atoms with Crippen LogP contribution in [0.4, 0.5) is 5.69 Å². The van der Waals surface area contributed by atoms with Crippen molar-refractivity contribution in [3.8, 4) is 0 Å². The number of anilines is 1. The van der Waals surface area contributed by atoms with E-state index in [4.69, 9.17) is 11.6 Å². The Kier molecular flexibility index (Phi) is 5.16. The Morgan fingerprint density at radius 2 is 2.25 bits per heavy atom. The molecule has 0 N–H and O–H groups in total. The lowest BCUT2D eigenvalue weighted by molar-refractivity contribution is 0.112. The highest BCUT2D eigenvalue weighted by atomic mass is 35.5. The molecule has 0 aromatic heterocycles. The van der Waals surface area contributed by atoms with Crippen molar-refractivity contribution in [1.82, 2.24) is 0 Å². The maximum atomic E-state index is 10.6. The van der Waals surface area contributed by atoms with Crippen molar-refractivity contribution in [3.05, 3.63) is 28.8 Å². The van der Waals surface area contributed by atoms with Gasteiger partial charge in [0.25, 0.3) is 0 Å². The van der Waals surface area contributed by atoms with Crippen LogP contribution in [0.2, 0.25) is 5.02 Å². The number of carbonyl (C=O) groups is 1. The quantitative estimate of drug-likeness (QED) is 0.755. The lowest BCUT2D eigenvalue weighted by Gasteiger charge is -2.27. The third kappa shape index (κ3) is 3.16. The molecule has 0 amide bonds. The maximum Gasteiger partial charge on any atom is 0.150 e. The summed E-state index contributed by atoms with van der Waals surface area (Å²) in [6.45, 7) is 2.15. The average Bonchev–Trinajstić information content (AvgIpc) is 2.28. The molecule has 0 aliphatic carbocycles. The molecule has 1 aromatic rings. The molecule has 1 unspecified atom stereocenters. The van der Waals surface area contributed by atoms with Crippen LogP contribution in [-0.2, 0) is 0 Å². The second-order valence-corrected chi connectivity index (χ2v) is 5.06. The van der Waals surface area contributed by atoms with E-state index in [0.29, 0.717) is 16.6 Å². The minimum Gasteiger partial charge on any atom is -0.370 e. The third-order valence-electron chi connectivity index (χ3n) is 2.56. The number of hydrogen-bond acceptors (Lipinski definition) is 3. The van der Waals surface area contributed by atoms with Crippen LogP contribution in [0, 0.1) is 0 Å². The molecule has 16 heavy (non-hydrogen) atoms. The van der Waals surface area contributed by atoms with Crippen molar-refractivity contribution < 1.29 is 4.79 Å². The molecule has 1 atom stereocenters. The van der Waals surface area contributed by atoms with Gasteiger partial charge in [0.2, 0.25) is 0 Å². The summed E-state index contributed by atoms with van der Waals surface area (Å²) in [6, 6.07) is 5.79. The predicted molar refractivity (Wildman–Crippen MR) is 73.1 cm³/mol.